The highest BCUT2D eigenvalue weighted by Crippen LogP contribution is 2.41. The zero-order valence-electron chi connectivity index (χ0n) is 19.2. The molecule has 0 bridgehead atoms. The zero-order chi connectivity index (χ0) is 25.1. The molecule has 3 heterocycles. The number of nitrogens with zero attached hydrogens (tertiary/aromatic N) is 4. The molecule has 1 saturated heterocycles. The number of imidazole rings is 1. The van der Waals surface area contributed by atoms with Crippen molar-refractivity contribution in [3.8, 4) is 12.3 Å². The number of hydrogen-bond donors (Lipinski definition) is 2. The highest BCUT2D eigenvalue weighted by atomic mass is 19.1. The molecule has 4 atom stereocenters. The van der Waals surface area contributed by atoms with E-state index in [-0.39, 0.29) is 36.8 Å². The van der Waals surface area contributed by atoms with Gasteiger partial charge in [-0.15, -0.1) is 6.42 Å². The summed E-state index contributed by atoms with van der Waals surface area (Å²) in [6.07, 6.45) is 2.94. The zero-order valence-corrected chi connectivity index (χ0v) is 19.2. The minimum atomic E-state index is -1.46. The van der Waals surface area contributed by atoms with E-state index >= 15 is 0 Å². The van der Waals surface area contributed by atoms with Crippen LogP contribution >= 0.6 is 0 Å². The van der Waals surface area contributed by atoms with Gasteiger partial charge in [-0.25, -0.2) is 4.98 Å². The first-order valence-corrected chi connectivity index (χ1v) is 11.3. The Morgan fingerprint density at radius 2 is 1.75 bits per heavy atom. The molecule has 5 rings (SSSR count). The molecule has 9 nitrogen and oxygen atoms in total. The van der Waals surface area contributed by atoms with Gasteiger partial charge in [-0.2, -0.15) is 14.4 Å². The van der Waals surface area contributed by atoms with Crippen LogP contribution in [0, 0.1) is 18.4 Å². The molecule has 1 aliphatic heterocycles. The van der Waals surface area contributed by atoms with Crippen LogP contribution in [-0.2, 0) is 27.4 Å². The van der Waals surface area contributed by atoms with Crippen LogP contribution in [0.4, 0.5) is 10.2 Å². The molecular formula is C26H24FN5O4. The molecule has 0 spiro atoms. The van der Waals surface area contributed by atoms with Gasteiger partial charge in [0.05, 0.1) is 26.1 Å². The molecule has 4 aromatic rings. The van der Waals surface area contributed by atoms with Crippen molar-refractivity contribution in [2.45, 2.75) is 37.3 Å². The number of halogens is 1. The van der Waals surface area contributed by atoms with E-state index in [0.717, 1.165) is 11.1 Å². The number of hydrogen-bond acceptors (Lipinski definition) is 8. The van der Waals surface area contributed by atoms with Gasteiger partial charge >= 0.3 is 6.08 Å². The van der Waals surface area contributed by atoms with Gasteiger partial charge in [-0.05, 0) is 11.1 Å². The van der Waals surface area contributed by atoms with E-state index in [4.69, 9.17) is 26.4 Å². The Bertz CT molecular complexity index is 1380. The van der Waals surface area contributed by atoms with Gasteiger partial charge in [0.1, 0.15) is 12.2 Å². The molecule has 36 heavy (non-hydrogen) atoms. The van der Waals surface area contributed by atoms with Crippen LogP contribution in [0.15, 0.2) is 67.0 Å². The number of aliphatic hydroxyl groups is 1. The molecule has 10 heteroatoms. The monoisotopic (exact) mass is 489 g/mol. The van der Waals surface area contributed by atoms with Crippen molar-refractivity contribution >= 4 is 17.0 Å². The normalized spacial score (nSPS) is 23.6. The summed E-state index contributed by atoms with van der Waals surface area (Å²) in [6.45, 7) is 0.390. The standard InChI is InChI=1S/C26H24FN5O4/c1-2-26(15-34-13-17-9-5-3-6-10-17)21(35-14-18-11-7-4-8-12-18)20(33)24(36-26)32-16-29-19-22(28)30-25(27)31-23(19)32/h1,3-12,16,20-21,24,33H,13-15H2,(H2,28,30,31)/t20?,21?,24-,26-/m1/s1. The summed E-state index contributed by atoms with van der Waals surface area (Å²) in [5, 5.41) is 11.4. The lowest BCUT2D eigenvalue weighted by Gasteiger charge is -2.29. The first-order valence-electron chi connectivity index (χ1n) is 11.3. The summed E-state index contributed by atoms with van der Waals surface area (Å²) in [7, 11) is 0. The van der Waals surface area contributed by atoms with Crippen LogP contribution in [0.5, 0.6) is 0 Å². The lowest BCUT2D eigenvalue weighted by atomic mass is 9.96. The maximum absolute atomic E-state index is 13.9. The summed E-state index contributed by atoms with van der Waals surface area (Å²) in [5.74, 6) is 2.52. The van der Waals surface area contributed by atoms with Crippen LogP contribution in [0.2, 0.25) is 0 Å². The van der Waals surface area contributed by atoms with E-state index in [9.17, 15) is 9.50 Å². The Hall–Kier alpha value is -3.88. The second-order valence-corrected chi connectivity index (χ2v) is 8.43. The quantitative estimate of drug-likeness (QED) is 0.287. The molecule has 0 radical (unpaired) electrons. The van der Waals surface area contributed by atoms with Crippen LogP contribution in [0.3, 0.4) is 0 Å². The second kappa shape index (κ2) is 10.0. The third kappa shape index (κ3) is 4.53. The van der Waals surface area contributed by atoms with Gasteiger partial charge in [0.15, 0.2) is 28.8 Å². The number of nitrogen functional groups attached to an aromatic ring is 1. The SMILES string of the molecule is C#C[C@]1(COCc2ccccc2)O[C@@H](n2cnc3c(N)nc(F)nc32)C(O)C1OCc1ccccc1. The van der Waals surface area contributed by atoms with E-state index in [1.54, 1.807) is 0 Å². The van der Waals surface area contributed by atoms with Crippen LogP contribution in [0.1, 0.15) is 17.4 Å². The molecule has 3 N–H and O–H groups in total. The minimum absolute atomic E-state index is 0.0592. The van der Waals surface area contributed by atoms with E-state index in [0.29, 0.717) is 0 Å². The minimum Gasteiger partial charge on any atom is -0.386 e. The van der Waals surface area contributed by atoms with Crippen molar-refractivity contribution in [1.29, 1.82) is 0 Å². The van der Waals surface area contributed by atoms with Crippen molar-refractivity contribution in [2.75, 3.05) is 12.3 Å². The van der Waals surface area contributed by atoms with Crippen molar-refractivity contribution in [2.24, 2.45) is 0 Å². The Kier molecular flexibility index (Phi) is 6.63. The summed E-state index contributed by atoms with van der Waals surface area (Å²) in [4.78, 5) is 11.5. The number of anilines is 1. The number of aromatic nitrogens is 4. The fraction of sp³-hybridized carbons (Fsp3) is 0.269. The Balaban J connectivity index is 1.45. The van der Waals surface area contributed by atoms with Gasteiger partial charge in [0, 0.05) is 0 Å². The smallest absolute Gasteiger partial charge is 0.312 e. The molecule has 1 aliphatic rings. The summed E-state index contributed by atoms with van der Waals surface area (Å²) < 4.78 is 33.6. The average molecular weight is 490 g/mol. The number of benzene rings is 2. The molecule has 2 aromatic heterocycles. The van der Waals surface area contributed by atoms with Crippen molar-refractivity contribution < 1.29 is 23.7 Å². The highest BCUT2D eigenvalue weighted by Gasteiger charge is 2.56. The number of terminal acetylenes is 1. The molecular weight excluding hydrogens is 465 g/mol. The second-order valence-electron chi connectivity index (χ2n) is 8.43. The van der Waals surface area contributed by atoms with Crippen LogP contribution in [-0.4, -0.2) is 49.0 Å². The van der Waals surface area contributed by atoms with Gasteiger partial charge < -0.3 is 25.1 Å². The lowest BCUT2D eigenvalue weighted by molar-refractivity contribution is -0.123. The number of ether oxygens (including phenoxy) is 3. The topological polar surface area (TPSA) is 118 Å². The maximum Gasteiger partial charge on any atom is 0.312 e. The molecule has 184 valence electrons. The van der Waals surface area contributed by atoms with Crippen molar-refractivity contribution in [1.82, 2.24) is 19.5 Å². The first-order chi connectivity index (χ1) is 17.5. The summed E-state index contributed by atoms with van der Waals surface area (Å²) in [5.41, 5.74) is 6.41. The fourth-order valence-corrected chi connectivity index (χ4v) is 4.26. The molecule has 0 amide bonds. The number of aliphatic hydroxyl groups excluding tert-OH is 1. The Morgan fingerprint density at radius 3 is 2.42 bits per heavy atom. The third-order valence-corrected chi connectivity index (χ3v) is 6.03. The number of fused-ring (bicyclic) bond motifs is 1. The number of rotatable bonds is 8. The summed E-state index contributed by atoms with van der Waals surface area (Å²) >= 11 is 0. The van der Waals surface area contributed by atoms with Crippen LogP contribution in [0.25, 0.3) is 11.2 Å². The Labute approximate surface area is 206 Å². The van der Waals surface area contributed by atoms with Crippen molar-refractivity contribution in [3.63, 3.8) is 0 Å². The maximum atomic E-state index is 13.9. The summed E-state index contributed by atoms with van der Waals surface area (Å²) in [6, 6.07) is 19.0. The average Bonchev–Trinajstić information content (AvgIpc) is 3.43. The van der Waals surface area contributed by atoms with Gasteiger partial charge in [-0.3, -0.25) is 4.57 Å². The van der Waals surface area contributed by atoms with Gasteiger partial charge in [0.25, 0.3) is 0 Å². The van der Waals surface area contributed by atoms with Gasteiger partial charge in [-0.1, -0.05) is 66.6 Å². The third-order valence-electron chi connectivity index (χ3n) is 6.03. The van der Waals surface area contributed by atoms with E-state index in [2.05, 4.69) is 20.9 Å². The molecule has 0 saturated carbocycles. The van der Waals surface area contributed by atoms with E-state index in [1.807, 2.05) is 60.7 Å². The van der Waals surface area contributed by atoms with E-state index < -0.39 is 30.1 Å². The molecule has 2 unspecified atom stereocenters. The fourth-order valence-electron chi connectivity index (χ4n) is 4.26. The van der Waals surface area contributed by atoms with E-state index in [1.165, 1.54) is 10.9 Å². The first kappa shape index (κ1) is 23.8. The van der Waals surface area contributed by atoms with Crippen LogP contribution < -0.4 is 5.73 Å². The Morgan fingerprint density at radius 1 is 1.08 bits per heavy atom. The predicted molar refractivity (Wildman–Crippen MR) is 129 cm³/mol. The number of nitrogens with two attached hydrogens (primary N) is 1. The molecule has 2 aromatic carbocycles. The molecule has 1 fully saturated rings. The van der Waals surface area contributed by atoms with Crippen molar-refractivity contribution in [3.05, 3.63) is 84.2 Å². The highest BCUT2D eigenvalue weighted by molar-refractivity contribution is 5.81. The predicted octanol–water partition coefficient (Wildman–Crippen LogP) is 2.61. The largest absolute Gasteiger partial charge is 0.386 e. The lowest BCUT2D eigenvalue weighted by Crippen LogP contribution is -2.47. The molecule has 0 aliphatic carbocycles. The van der Waals surface area contributed by atoms with Gasteiger partial charge in [0.2, 0.25) is 0 Å².